The molecular weight excluding hydrogens is 254 g/mol. The van der Waals surface area contributed by atoms with Crippen molar-refractivity contribution >= 4 is 5.65 Å². The standard InChI is InChI=1S/C14H15N5O/c1-20-11-4-2-10(3-5-11)12-6-7-13-16-17-14(8-9-15)19(13)18-12/h2-7H,8-9,15H2,1H3. The number of fused-ring (bicyclic) bond motifs is 1. The molecule has 0 aliphatic rings. The van der Waals surface area contributed by atoms with Gasteiger partial charge in [0, 0.05) is 12.0 Å². The first kappa shape index (κ1) is 12.6. The van der Waals surface area contributed by atoms with Gasteiger partial charge in [0.2, 0.25) is 0 Å². The first-order valence-corrected chi connectivity index (χ1v) is 6.37. The van der Waals surface area contributed by atoms with Crippen LogP contribution in [0.4, 0.5) is 0 Å². The van der Waals surface area contributed by atoms with Crippen molar-refractivity contribution in [3.8, 4) is 17.0 Å². The molecule has 0 bridgehead atoms. The summed E-state index contributed by atoms with van der Waals surface area (Å²) in [5.74, 6) is 1.60. The van der Waals surface area contributed by atoms with Crippen LogP contribution in [0.2, 0.25) is 0 Å². The lowest BCUT2D eigenvalue weighted by molar-refractivity contribution is 0.415. The normalized spacial score (nSPS) is 10.9. The van der Waals surface area contributed by atoms with Crippen molar-refractivity contribution in [1.29, 1.82) is 0 Å². The molecule has 2 heterocycles. The third-order valence-corrected chi connectivity index (χ3v) is 3.08. The van der Waals surface area contributed by atoms with Crippen LogP contribution in [0, 0.1) is 0 Å². The Morgan fingerprint density at radius 3 is 2.60 bits per heavy atom. The van der Waals surface area contributed by atoms with Gasteiger partial charge in [0.25, 0.3) is 0 Å². The van der Waals surface area contributed by atoms with Crippen LogP contribution < -0.4 is 10.5 Å². The maximum Gasteiger partial charge on any atom is 0.177 e. The second kappa shape index (κ2) is 5.26. The molecule has 0 fully saturated rings. The highest BCUT2D eigenvalue weighted by molar-refractivity contribution is 5.61. The van der Waals surface area contributed by atoms with Gasteiger partial charge in [-0.2, -0.15) is 9.61 Å². The zero-order valence-corrected chi connectivity index (χ0v) is 11.2. The average molecular weight is 269 g/mol. The Hall–Kier alpha value is -2.47. The summed E-state index contributed by atoms with van der Waals surface area (Å²) >= 11 is 0. The van der Waals surface area contributed by atoms with Crippen LogP contribution in [-0.2, 0) is 6.42 Å². The molecule has 0 saturated carbocycles. The molecule has 1 aromatic carbocycles. The maximum absolute atomic E-state index is 5.57. The maximum atomic E-state index is 5.57. The molecule has 3 aromatic rings. The number of methoxy groups -OCH3 is 1. The Balaban J connectivity index is 2.04. The van der Waals surface area contributed by atoms with Gasteiger partial charge in [-0.3, -0.25) is 0 Å². The second-order valence-electron chi connectivity index (χ2n) is 4.37. The molecule has 0 atom stereocenters. The molecule has 0 aliphatic carbocycles. The third-order valence-electron chi connectivity index (χ3n) is 3.08. The van der Waals surface area contributed by atoms with E-state index in [-0.39, 0.29) is 0 Å². The smallest absolute Gasteiger partial charge is 0.177 e. The van der Waals surface area contributed by atoms with E-state index in [1.54, 1.807) is 11.6 Å². The van der Waals surface area contributed by atoms with Crippen LogP contribution in [0.5, 0.6) is 5.75 Å². The van der Waals surface area contributed by atoms with Gasteiger partial charge in [-0.1, -0.05) is 0 Å². The van der Waals surface area contributed by atoms with E-state index < -0.39 is 0 Å². The molecule has 2 aromatic heterocycles. The molecule has 6 heteroatoms. The minimum absolute atomic E-state index is 0.523. The Morgan fingerprint density at radius 2 is 1.90 bits per heavy atom. The predicted octanol–water partition coefficient (Wildman–Crippen LogP) is 1.30. The quantitative estimate of drug-likeness (QED) is 0.772. The third kappa shape index (κ3) is 2.21. The molecule has 0 spiro atoms. The minimum atomic E-state index is 0.523. The van der Waals surface area contributed by atoms with E-state index in [0.717, 1.165) is 28.5 Å². The highest BCUT2D eigenvalue weighted by Crippen LogP contribution is 2.20. The minimum Gasteiger partial charge on any atom is -0.497 e. The van der Waals surface area contributed by atoms with E-state index in [4.69, 9.17) is 10.5 Å². The lowest BCUT2D eigenvalue weighted by Gasteiger charge is -2.04. The summed E-state index contributed by atoms with van der Waals surface area (Å²) < 4.78 is 6.90. The van der Waals surface area contributed by atoms with Crippen LogP contribution in [0.25, 0.3) is 16.9 Å². The summed E-state index contributed by atoms with van der Waals surface area (Å²) in [6.07, 6.45) is 0.653. The monoisotopic (exact) mass is 269 g/mol. The van der Waals surface area contributed by atoms with E-state index in [1.807, 2.05) is 36.4 Å². The van der Waals surface area contributed by atoms with Crippen molar-refractivity contribution in [2.75, 3.05) is 13.7 Å². The van der Waals surface area contributed by atoms with E-state index >= 15 is 0 Å². The molecule has 0 saturated heterocycles. The number of hydrogen-bond acceptors (Lipinski definition) is 5. The topological polar surface area (TPSA) is 78.3 Å². The molecule has 0 amide bonds. The van der Waals surface area contributed by atoms with E-state index in [1.165, 1.54) is 0 Å². The summed E-state index contributed by atoms with van der Waals surface area (Å²) in [7, 11) is 1.65. The van der Waals surface area contributed by atoms with Crippen molar-refractivity contribution in [1.82, 2.24) is 19.8 Å². The van der Waals surface area contributed by atoms with Gasteiger partial charge < -0.3 is 10.5 Å². The highest BCUT2D eigenvalue weighted by atomic mass is 16.5. The molecule has 0 aliphatic heterocycles. The fourth-order valence-corrected chi connectivity index (χ4v) is 2.03. The number of hydrogen-bond donors (Lipinski definition) is 1. The second-order valence-corrected chi connectivity index (χ2v) is 4.37. The Morgan fingerprint density at radius 1 is 1.10 bits per heavy atom. The van der Waals surface area contributed by atoms with E-state index in [0.29, 0.717) is 13.0 Å². The van der Waals surface area contributed by atoms with Gasteiger partial charge in [0.1, 0.15) is 5.75 Å². The summed E-state index contributed by atoms with van der Waals surface area (Å²) in [6.45, 7) is 0.523. The SMILES string of the molecule is COc1ccc(-c2ccc3nnc(CCN)n3n2)cc1. The average Bonchev–Trinajstić information content (AvgIpc) is 2.90. The largest absolute Gasteiger partial charge is 0.497 e. The van der Waals surface area contributed by atoms with Gasteiger partial charge >= 0.3 is 0 Å². The van der Waals surface area contributed by atoms with Crippen LogP contribution in [0.15, 0.2) is 36.4 Å². The van der Waals surface area contributed by atoms with Crippen molar-refractivity contribution in [3.63, 3.8) is 0 Å². The molecule has 0 unspecified atom stereocenters. The van der Waals surface area contributed by atoms with Crippen LogP contribution in [-0.4, -0.2) is 33.5 Å². The first-order valence-electron chi connectivity index (χ1n) is 6.37. The Labute approximate surface area is 116 Å². The van der Waals surface area contributed by atoms with Crippen molar-refractivity contribution < 1.29 is 4.74 Å². The molecule has 6 nitrogen and oxygen atoms in total. The predicted molar refractivity (Wildman–Crippen MR) is 75.5 cm³/mol. The lowest BCUT2D eigenvalue weighted by atomic mass is 10.1. The number of benzene rings is 1. The van der Waals surface area contributed by atoms with Crippen molar-refractivity contribution in [2.45, 2.75) is 6.42 Å². The number of nitrogens with two attached hydrogens (primary N) is 1. The molecular formula is C14H15N5O. The molecule has 20 heavy (non-hydrogen) atoms. The molecule has 3 rings (SSSR count). The zero-order valence-electron chi connectivity index (χ0n) is 11.2. The number of nitrogens with zero attached hydrogens (tertiary/aromatic N) is 4. The molecule has 2 N–H and O–H groups in total. The lowest BCUT2D eigenvalue weighted by Crippen LogP contribution is -2.08. The fourth-order valence-electron chi connectivity index (χ4n) is 2.03. The van der Waals surface area contributed by atoms with Gasteiger partial charge in [-0.25, -0.2) is 0 Å². The van der Waals surface area contributed by atoms with Crippen LogP contribution in [0.3, 0.4) is 0 Å². The number of ether oxygens (including phenoxy) is 1. The summed E-state index contributed by atoms with van der Waals surface area (Å²) in [4.78, 5) is 0. The number of rotatable bonds is 4. The summed E-state index contributed by atoms with van der Waals surface area (Å²) in [6, 6.07) is 11.6. The number of aromatic nitrogens is 4. The van der Waals surface area contributed by atoms with Crippen LogP contribution >= 0.6 is 0 Å². The van der Waals surface area contributed by atoms with Gasteiger partial charge in [-0.05, 0) is 42.9 Å². The highest BCUT2D eigenvalue weighted by Gasteiger charge is 2.08. The first-order chi connectivity index (χ1) is 9.81. The zero-order chi connectivity index (χ0) is 13.9. The van der Waals surface area contributed by atoms with Gasteiger partial charge in [0.05, 0.1) is 12.8 Å². The molecule has 102 valence electrons. The fraction of sp³-hybridized carbons (Fsp3) is 0.214. The molecule has 0 radical (unpaired) electrons. The van der Waals surface area contributed by atoms with Crippen molar-refractivity contribution in [2.24, 2.45) is 5.73 Å². The van der Waals surface area contributed by atoms with E-state index in [9.17, 15) is 0 Å². The Kier molecular flexibility index (Phi) is 3.30. The van der Waals surface area contributed by atoms with E-state index in [2.05, 4.69) is 15.3 Å². The van der Waals surface area contributed by atoms with Gasteiger partial charge in [0.15, 0.2) is 11.5 Å². The summed E-state index contributed by atoms with van der Waals surface area (Å²) in [5.41, 5.74) is 8.17. The van der Waals surface area contributed by atoms with Crippen molar-refractivity contribution in [3.05, 3.63) is 42.2 Å². The van der Waals surface area contributed by atoms with Crippen LogP contribution in [0.1, 0.15) is 5.82 Å². The van der Waals surface area contributed by atoms with Gasteiger partial charge in [-0.15, -0.1) is 10.2 Å². The summed E-state index contributed by atoms with van der Waals surface area (Å²) in [5, 5.41) is 12.7. The Bertz CT molecular complexity index is 720.